The SMILES string of the molecule is Cc1cc(C(=O)N[C@@H]2C[C@H](C(=O)N3CC4(CNC(=O)N4C)C3)C[C@H]2O)no1.O=CO. The number of nitrogens with one attached hydrogen (secondary N) is 2. The molecule has 1 aliphatic carbocycles. The Labute approximate surface area is 172 Å². The standard InChI is InChI=1S/C17H23N5O5.CH2O2/c1-9-3-12(20-27-9)14(24)19-11-4-10(5-13(11)23)15(25)22-7-17(8-22)6-18-16(26)21(17)2;2-1-3/h3,10-11,13,23H,4-8H2,1-2H3,(H,18,26)(H,19,24);1H,(H,2,3)/t10-,11+,13+;/m0./s1. The molecule has 3 heterocycles. The van der Waals surface area contributed by atoms with Crippen molar-refractivity contribution in [2.45, 2.75) is 37.5 Å². The van der Waals surface area contributed by atoms with E-state index in [2.05, 4.69) is 15.8 Å². The first-order valence-electron chi connectivity index (χ1n) is 9.51. The van der Waals surface area contributed by atoms with E-state index in [1.54, 1.807) is 23.8 Å². The minimum Gasteiger partial charge on any atom is -0.483 e. The second-order valence-corrected chi connectivity index (χ2v) is 7.88. The predicted molar refractivity (Wildman–Crippen MR) is 100 cm³/mol. The molecule has 2 saturated heterocycles. The molecule has 1 spiro atoms. The van der Waals surface area contributed by atoms with E-state index >= 15 is 0 Å². The summed E-state index contributed by atoms with van der Waals surface area (Å²) in [6.07, 6.45) is -0.111. The molecule has 0 unspecified atom stereocenters. The molecule has 4 rings (SSSR count). The number of carboxylic acid groups (broad SMARTS) is 1. The highest BCUT2D eigenvalue weighted by Gasteiger charge is 2.54. The van der Waals surface area contributed by atoms with Gasteiger partial charge >= 0.3 is 6.03 Å². The van der Waals surface area contributed by atoms with Crippen LogP contribution < -0.4 is 10.6 Å². The minimum absolute atomic E-state index is 0.0403. The number of aliphatic hydroxyl groups excluding tert-OH is 1. The average molecular weight is 423 g/mol. The number of aliphatic hydroxyl groups is 1. The minimum atomic E-state index is -0.788. The van der Waals surface area contributed by atoms with Crippen LogP contribution in [0.25, 0.3) is 0 Å². The number of likely N-dealkylation sites (tertiary alicyclic amines) is 1. The molecule has 0 radical (unpaired) electrons. The number of hydrogen-bond acceptors (Lipinski definition) is 7. The fourth-order valence-electron chi connectivity index (χ4n) is 4.18. The number of carbonyl (C=O) groups excluding carboxylic acids is 3. The van der Waals surface area contributed by atoms with Crippen molar-refractivity contribution < 1.29 is 33.9 Å². The summed E-state index contributed by atoms with van der Waals surface area (Å²) in [6.45, 7) is 2.95. The molecular formula is C18H25N5O7. The molecule has 12 heteroatoms. The van der Waals surface area contributed by atoms with Gasteiger partial charge < -0.3 is 35.2 Å². The number of aromatic nitrogens is 1. The van der Waals surface area contributed by atoms with Gasteiger partial charge in [-0.2, -0.15) is 0 Å². The molecule has 0 bridgehead atoms. The quantitative estimate of drug-likeness (QED) is 0.440. The van der Waals surface area contributed by atoms with Gasteiger partial charge in [0.1, 0.15) is 5.76 Å². The van der Waals surface area contributed by atoms with Crippen LogP contribution in [0.2, 0.25) is 0 Å². The van der Waals surface area contributed by atoms with Gasteiger partial charge in [-0.25, -0.2) is 4.79 Å². The molecule has 3 aliphatic rings. The maximum atomic E-state index is 12.8. The number of rotatable bonds is 3. The van der Waals surface area contributed by atoms with Crippen molar-refractivity contribution in [1.82, 2.24) is 25.6 Å². The summed E-state index contributed by atoms with van der Waals surface area (Å²) < 4.78 is 4.88. The Morgan fingerprint density at radius 3 is 2.60 bits per heavy atom. The average Bonchev–Trinajstić information content (AvgIpc) is 3.34. The predicted octanol–water partition coefficient (Wildman–Crippen LogP) is -1.21. The zero-order valence-electron chi connectivity index (χ0n) is 16.7. The summed E-state index contributed by atoms with van der Waals surface area (Å²) in [6, 6.07) is 0.895. The highest BCUT2D eigenvalue weighted by Crippen LogP contribution is 2.35. The number of nitrogens with zero attached hydrogens (tertiary/aromatic N) is 3. The fraction of sp³-hybridized carbons (Fsp3) is 0.611. The lowest BCUT2D eigenvalue weighted by molar-refractivity contribution is -0.146. The first-order valence-corrected chi connectivity index (χ1v) is 9.51. The maximum Gasteiger partial charge on any atom is 0.317 e. The summed E-state index contributed by atoms with van der Waals surface area (Å²) in [7, 11) is 1.74. The van der Waals surface area contributed by atoms with Gasteiger partial charge in [-0.15, -0.1) is 0 Å². The van der Waals surface area contributed by atoms with E-state index in [1.807, 2.05) is 0 Å². The topological polar surface area (TPSA) is 165 Å². The molecule has 1 aromatic rings. The van der Waals surface area contributed by atoms with Crippen molar-refractivity contribution >= 4 is 24.3 Å². The van der Waals surface area contributed by atoms with Crippen molar-refractivity contribution in [3.63, 3.8) is 0 Å². The number of amides is 4. The summed E-state index contributed by atoms with van der Waals surface area (Å²) in [4.78, 5) is 48.3. The van der Waals surface area contributed by atoms with E-state index in [0.29, 0.717) is 38.2 Å². The number of aryl methyl sites for hydroxylation is 1. The molecular weight excluding hydrogens is 398 g/mol. The van der Waals surface area contributed by atoms with Crippen LogP contribution >= 0.6 is 0 Å². The van der Waals surface area contributed by atoms with E-state index in [9.17, 15) is 19.5 Å². The Hall–Kier alpha value is -3.15. The second-order valence-electron chi connectivity index (χ2n) is 7.88. The van der Waals surface area contributed by atoms with Gasteiger partial charge in [0, 0.05) is 38.7 Å². The maximum absolute atomic E-state index is 12.8. The molecule has 1 saturated carbocycles. The van der Waals surface area contributed by atoms with Crippen molar-refractivity contribution in [2.75, 3.05) is 26.7 Å². The van der Waals surface area contributed by atoms with Gasteiger partial charge in [0.2, 0.25) is 5.91 Å². The summed E-state index contributed by atoms with van der Waals surface area (Å²) in [5, 5.41) is 26.3. The van der Waals surface area contributed by atoms with Gasteiger partial charge in [0.25, 0.3) is 12.4 Å². The molecule has 2 aliphatic heterocycles. The van der Waals surface area contributed by atoms with Crippen molar-refractivity contribution in [3.8, 4) is 0 Å². The lowest BCUT2D eigenvalue weighted by Gasteiger charge is -2.51. The summed E-state index contributed by atoms with van der Waals surface area (Å²) >= 11 is 0. The fourth-order valence-corrected chi connectivity index (χ4v) is 4.18. The zero-order valence-corrected chi connectivity index (χ0v) is 16.7. The van der Waals surface area contributed by atoms with Crippen LogP contribution in [0.5, 0.6) is 0 Å². The smallest absolute Gasteiger partial charge is 0.317 e. The zero-order chi connectivity index (χ0) is 22.1. The van der Waals surface area contributed by atoms with Crippen molar-refractivity contribution in [1.29, 1.82) is 0 Å². The highest BCUT2D eigenvalue weighted by molar-refractivity contribution is 5.92. The van der Waals surface area contributed by atoms with E-state index in [-0.39, 0.29) is 35.6 Å². The van der Waals surface area contributed by atoms with Crippen LogP contribution in [0.1, 0.15) is 29.1 Å². The Balaban J connectivity index is 0.000000806. The first kappa shape index (κ1) is 21.6. The van der Waals surface area contributed by atoms with E-state index in [1.165, 1.54) is 6.07 Å². The first-order chi connectivity index (χ1) is 14.2. The van der Waals surface area contributed by atoms with Crippen LogP contribution in [0.15, 0.2) is 10.6 Å². The van der Waals surface area contributed by atoms with Crippen molar-refractivity contribution in [2.24, 2.45) is 5.92 Å². The third-order valence-electron chi connectivity index (χ3n) is 5.92. The Morgan fingerprint density at radius 1 is 1.40 bits per heavy atom. The summed E-state index contributed by atoms with van der Waals surface area (Å²) in [5.74, 6) is -0.292. The number of likely N-dealkylation sites (N-methyl/N-ethyl adjacent to an activating group) is 1. The van der Waals surface area contributed by atoms with Crippen molar-refractivity contribution in [3.05, 3.63) is 17.5 Å². The lowest BCUT2D eigenvalue weighted by atomic mass is 9.88. The largest absolute Gasteiger partial charge is 0.483 e. The van der Waals surface area contributed by atoms with Gasteiger partial charge in [-0.1, -0.05) is 5.16 Å². The molecule has 0 aromatic carbocycles. The van der Waals surface area contributed by atoms with Crippen LogP contribution in [-0.2, 0) is 9.59 Å². The van der Waals surface area contributed by atoms with E-state index < -0.39 is 18.1 Å². The third-order valence-corrected chi connectivity index (χ3v) is 5.92. The molecule has 4 N–H and O–H groups in total. The molecule has 3 atom stereocenters. The monoisotopic (exact) mass is 423 g/mol. The second kappa shape index (κ2) is 8.30. The molecule has 30 heavy (non-hydrogen) atoms. The van der Waals surface area contributed by atoms with Crippen LogP contribution in [0.4, 0.5) is 4.79 Å². The van der Waals surface area contributed by atoms with E-state index in [0.717, 1.165) is 0 Å². The Morgan fingerprint density at radius 2 is 2.07 bits per heavy atom. The highest BCUT2D eigenvalue weighted by atomic mass is 16.5. The van der Waals surface area contributed by atoms with Gasteiger partial charge in [-0.3, -0.25) is 14.4 Å². The normalized spacial score (nSPS) is 26.5. The third kappa shape index (κ3) is 3.95. The van der Waals surface area contributed by atoms with Crippen LogP contribution in [0, 0.1) is 12.8 Å². The molecule has 12 nitrogen and oxygen atoms in total. The van der Waals surface area contributed by atoms with Gasteiger partial charge in [0.05, 0.1) is 17.7 Å². The number of carbonyl (C=O) groups is 4. The van der Waals surface area contributed by atoms with Gasteiger partial charge in [-0.05, 0) is 19.8 Å². The number of hydrogen-bond donors (Lipinski definition) is 4. The van der Waals surface area contributed by atoms with E-state index in [4.69, 9.17) is 14.4 Å². The Kier molecular flexibility index (Phi) is 5.97. The summed E-state index contributed by atoms with van der Waals surface area (Å²) in [5.41, 5.74) is -0.164. The lowest BCUT2D eigenvalue weighted by Crippen LogP contribution is -2.70. The number of urea groups is 1. The molecule has 3 fully saturated rings. The molecule has 1 aromatic heterocycles. The van der Waals surface area contributed by atoms with Crippen LogP contribution in [-0.4, -0.2) is 93.9 Å². The molecule has 164 valence electrons. The van der Waals surface area contributed by atoms with Crippen LogP contribution in [0.3, 0.4) is 0 Å². The molecule has 4 amide bonds. The van der Waals surface area contributed by atoms with Gasteiger partial charge in [0.15, 0.2) is 5.69 Å². The Bertz CT molecular complexity index is 835.